The number of aromatic nitrogens is 1. The summed E-state index contributed by atoms with van der Waals surface area (Å²) in [5.74, 6) is -0.817. The lowest BCUT2D eigenvalue weighted by molar-refractivity contribution is 0.0600. The first kappa shape index (κ1) is 12.8. The van der Waals surface area contributed by atoms with Crippen LogP contribution < -0.4 is 5.73 Å². The van der Waals surface area contributed by atoms with Gasteiger partial charge in [-0.3, -0.25) is 4.98 Å². The SMILES string of the molecule is COC(=O)c1cnc(CN)c(C(F)F)c1Cl. The van der Waals surface area contributed by atoms with Gasteiger partial charge >= 0.3 is 5.97 Å². The average molecular weight is 251 g/mol. The molecule has 4 nitrogen and oxygen atoms in total. The zero-order valence-electron chi connectivity index (χ0n) is 8.34. The Morgan fingerprint density at radius 2 is 2.31 bits per heavy atom. The van der Waals surface area contributed by atoms with Gasteiger partial charge in [-0.05, 0) is 0 Å². The number of alkyl halides is 2. The standard InChI is InChI=1S/C9H9ClF2N2O2/c1-16-9(15)4-3-14-5(2-13)6(7(4)10)8(11)12/h3,8H,2,13H2,1H3. The highest BCUT2D eigenvalue weighted by Crippen LogP contribution is 2.31. The zero-order valence-corrected chi connectivity index (χ0v) is 9.09. The summed E-state index contributed by atoms with van der Waals surface area (Å²) >= 11 is 5.68. The lowest BCUT2D eigenvalue weighted by atomic mass is 10.1. The van der Waals surface area contributed by atoms with Crippen LogP contribution in [0.1, 0.15) is 28.0 Å². The normalized spacial score (nSPS) is 10.6. The maximum Gasteiger partial charge on any atom is 0.340 e. The summed E-state index contributed by atoms with van der Waals surface area (Å²) < 4.78 is 29.8. The molecule has 0 aliphatic heterocycles. The molecule has 1 rings (SSSR count). The van der Waals surface area contributed by atoms with Gasteiger partial charge in [0.1, 0.15) is 0 Å². The molecule has 0 aliphatic rings. The second-order valence-electron chi connectivity index (χ2n) is 2.84. The first-order valence-electron chi connectivity index (χ1n) is 4.26. The van der Waals surface area contributed by atoms with Crippen molar-refractivity contribution in [1.82, 2.24) is 4.98 Å². The molecule has 0 saturated heterocycles. The van der Waals surface area contributed by atoms with Crippen molar-refractivity contribution < 1.29 is 18.3 Å². The minimum Gasteiger partial charge on any atom is -0.465 e. The van der Waals surface area contributed by atoms with Crippen molar-refractivity contribution in [2.45, 2.75) is 13.0 Å². The van der Waals surface area contributed by atoms with Gasteiger partial charge in [0.15, 0.2) is 0 Å². The lowest BCUT2D eigenvalue weighted by Crippen LogP contribution is -2.11. The monoisotopic (exact) mass is 250 g/mol. The number of nitrogens with two attached hydrogens (primary N) is 1. The van der Waals surface area contributed by atoms with Gasteiger partial charge in [-0.25, -0.2) is 13.6 Å². The van der Waals surface area contributed by atoms with Gasteiger partial charge in [-0.2, -0.15) is 0 Å². The zero-order chi connectivity index (χ0) is 12.3. The van der Waals surface area contributed by atoms with Gasteiger partial charge in [0.2, 0.25) is 0 Å². The van der Waals surface area contributed by atoms with Crippen LogP contribution in [0.2, 0.25) is 5.02 Å². The van der Waals surface area contributed by atoms with E-state index in [0.29, 0.717) is 0 Å². The fraction of sp³-hybridized carbons (Fsp3) is 0.333. The maximum absolute atomic E-state index is 12.7. The Morgan fingerprint density at radius 3 is 2.75 bits per heavy atom. The van der Waals surface area contributed by atoms with E-state index < -0.39 is 18.0 Å². The van der Waals surface area contributed by atoms with E-state index in [1.165, 1.54) is 0 Å². The highest BCUT2D eigenvalue weighted by molar-refractivity contribution is 6.34. The molecule has 16 heavy (non-hydrogen) atoms. The Kier molecular flexibility index (Phi) is 4.14. The van der Waals surface area contributed by atoms with Crippen LogP contribution >= 0.6 is 11.6 Å². The number of pyridine rings is 1. The van der Waals surface area contributed by atoms with E-state index in [1.54, 1.807) is 0 Å². The molecule has 1 aromatic rings. The molecule has 0 fully saturated rings. The van der Waals surface area contributed by atoms with Crippen LogP contribution in [0, 0.1) is 0 Å². The van der Waals surface area contributed by atoms with Crippen LogP contribution in [0.25, 0.3) is 0 Å². The summed E-state index contributed by atoms with van der Waals surface area (Å²) in [6, 6.07) is 0. The fourth-order valence-electron chi connectivity index (χ4n) is 1.18. The number of esters is 1. The van der Waals surface area contributed by atoms with Crippen molar-refractivity contribution >= 4 is 17.6 Å². The molecule has 0 unspecified atom stereocenters. The van der Waals surface area contributed by atoms with Crippen LogP contribution in [-0.4, -0.2) is 18.1 Å². The van der Waals surface area contributed by atoms with Crippen LogP contribution in [0.15, 0.2) is 6.20 Å². The van der Waals surface area contributed by atoms with Gasteiger partial charge in [0.25, 0.3) is 6.43 Å². The third-order valence-electron chi connectivity index (χ3n) is 1.95. The van der Waals surface area contributed by atoms with Crippen LogP contribution in [0.3, 0.4) is 0 Å². The molecule has 0 aromatic carbocycles. The van der Waals surface area contributed by atoms with Crippen molar-refractivity contribution in [3.05, 3.63) is 28.0 Å². The molecule has 0 saturated carbocycles. The number of hydrogen-bond acceptors (Lipinski definition) is 4. The minimum absolute atomic E-state index is 0.0346. The second kappa shape index (κ2) is 5.18. The van der Waals surface area contributed by atoms with Gasteiger partial charge in [0.05, 0.1) is 29.0 Å². The molecule has 88 valence electrons. The molecule has 2 N–H and O–H groups in total. The quantitative estimate of drug-likeness (QED) is 0.833. The number of carbonyl (C=O) groups excluding carboxylic acids is 1. The summed E-state index contributed by atoms with van der Waals surface area (Å²) in [6.07, 6.45) is -1.77. The first-order valence-corrected chi connectivity index (χ1v) is 4.64. The Morgan fingerprint density at radius 1 is 1.69 bits per heavy atom. The predicted molar refractivity (Wildman–Crippen MR) is 53.4 cm³/mol. The van der Waals surface area contributed by atoms with E-state index in [2.05, 4.69) is 9.72 Å². The maximum atomic E-state index is 12.7. The highest BCUT2D eigenvalue weighted by atomic mass is 35.5. The number of carbonyl (C=O) groups is 1. The second-order valence-corrected chi connectivity index (χ2v) is 3.22. The molecule has 0 atom stereocenters. The Hall–Kier alpha value is -1.27. The fourth-order valence-corrected chi connectivity index (χ4v) is 1.49. The van der Waals surface area contributed by atoms with Crippen molar-refractivity contribution in [1.29, 1.82) is 0 Å². The van der Waals surface area contributed by atoms with Gasteiger partial charge in [-0.1, -0.05) is 11.6 Å². The minimum atomic E-state index is -2.84. The van der Waals surface area contributed by atoms with Gasteiger partial charge in [-0.15, -0.1) is 0 Å². The third-order valence-corrected chi connectivity index (χ3v) is 2.36. The van der Waals surface area contributed by atoms with E-state index in [1.807, 2.05) is 0 Å². The summed E-state index contributed by atoms with van der Waals surface area (Å²) in [5.41, 5.74) is 4.49. The molecule has 0 aliphatic carbocycles. The topological polar surface area (TPSA) is 65.2 Å². The number of methoxy groups -OCH3 is 1. The van der Waals surface area contributed by atoms with Crippen molar-refractivity contribution in [2.24, 2.45) is 5.73 Å². The number of ether oxygens (including phenoxy) is 1. The van der Waals surface area contributed by atoms with Crippen molar-refractivity contribution in [3.63, 3.8) is 0 Å². The van der Waals surface area contributed by atoms with Gasteiger partial charge < -0.3 is 10.5 Å². The number of hydrogen-bond donors (Lipinski definition) is 1. The summed E-state index contributed by atoms with van der Waals surface area (Å²) in [7, 11) is 1.12. The molecule has 1 aromatic heterocycles. The smallest absolute Gasteiger partial charge is 0.340 e. The molecular weight excluding hydrogens is 242 g/mol. The Bertz CT molecular complexity index is 413. The third kappa shape index (κ3) is 2.28. The lowest BCUT2D eigenvalue weighted by Gasteiger charge is -2.10. The summed E-state index contributed by atoms with van der Waals surface area (Å²) in [6.45, 7) is -0.180. The van der Waals surface area contributed by atoms with Crippen molar-refractivity contribution in [2.75, 3.05) is 7.11 Å². The molecule has 0 radical (unpaired) electrons. The van der Waals surface area contributed by atoms with Crippen LogP contribution in [0.5, 0.6) is 0 Å². The first-order chi connectivity index (χ1) is 7.52. The van der Waals surface area contributed by atoms with E-state index in [4.69, 9.17) is 17.3 Å². The molecular formula is C9H9ClF2N2O2. The molecule has 0 spiro atoms. The van der Waals surface area contributed by atoms with Crippen molar-refractivity contribution in [3.8, 4) is 0 Å². The molecule has 7 heteroatoms. The molecule has 0 amide bonds. The highest BCUT2D eigenvalue weighted by Gasteiger charge is 2.23. The van der Waals surface area contributed by atoms with Crippen LogP contribution in [-0.2, 0) is 11.3 Å². The average Bonchev–Trinajstić information content (AvgIpc) is 2.26. The molecule has 0 bridgehead atoms. The number of rotatable bonds is 3. The van der Waals surface area contributed by atoms with E-state index in [9.17, 15) is 13.6 Å². The summed E-state index contributed by atoms with van der Waals surface area (Å²) in [4.78, 5) is 14.8. The van der Waals surface area contributed by atoms with E-state index in [-0.39, 0.29) is 22.8 Å². The Balaban J connectivity index is 3.37. The molecule has 1 heterocycles. The largest absolute Gasteiger partial charge is 0.465 e. The predicted octanol–water partition coefficient (Wildman–Crippen LogP) is 1.92. The Labute approximate surface area is 95.4 Å². The van der Waals surface area contributed by atoms with Crippen LogP contribution in [0.4, 0.5) is 8.78 Å². The van der Waals surface area contributed by atoms with E-state index in [0.717, 1.165) is 13.3 Å². The summed E-state index contributed by atoms with van der Waals surface area (Å²) in [5, 5.41) is -0.364. The van der Waals surface area contributed by atoms with E-state index >= 15 is 0 Å². The number of nitrogens with zero attached hydrogens (tertiary/aromatic N) is 1. The number of halogens is 3. The van der Waals surface area contributed by atoms with Gasteiger partial charge in [0, 0.05) is 12.7 Å².